The van der Waals surface area contributed by atoms with Crippen molar-refractivity contribution >= 4 is 22.9 Å². The highest BCUT2D eigenvalue weighted by molar-refractivity contribution is 5.95. The van der Waals surface area contributed by atoms with Crippen LogP contribution in [0.1, 0.15) is 30.1 Å². The first-order valence-corrected chi connectivity index (χ1v) is 9.81. The number of anilines is 1. The normalized spacial score (nSPS) is 13.5. The van der Waals surface area contributed by atoms with Gasteiger partial charge in [0.25, 0.3) is 0 Å². The van der Waals surface area contributed by atoms with Gasteiger partial charge in [-0.05, 0) is 25.0 Å². The van der Waals surface area contributed by atoms with Crippen LogP contribution in [0.3, 0.4) is 0 Å². The van der Waals surface area contributed by atoms with E-state index in [1.54, 1.807) is 30.1 Å². The van der Waals surface area contributed by atoms with Gasteiger partial charge in [0.15, 0.2) is 5.69 Å². The van der Waals surface area contributed by atoms with E-state index >= 15 is 0 Å². The van der Waals surface area contributed by atoms with E-state index in [9.17, 15) is 9.90 Å². The Labute approximate surface area is 176 Å². The molecule has 0 unspecified atom stereocenters. The first-order valence-electron chi connectivity index (χ1n) is 9.81. The van der Waals surface area contributed by atoms with Crippen molar-refractivity contribution in [1.82, 2.24) is 25.0 Å². The molecule has 4 aromatic rings. The van der Waals surface area contributed by atoms with Crippen LogP contribution < -0.4 is 20.1 Å². The Morgan fingerprint density at radius 2 is 2.06 bits per heavy atom. The third kappa shape index (κ3) is 3.41. The maximum atomic E-state index is 11.8. The van der Waals surface area contributed by atoms with Crippen LogP contribution in [0.2, 0.25) is 0 Å². The fraction of sp³-hybridized carbons (Fsp3) is 0.238. The molecule has 1 saturated carbocycles. The molecule has 1 aromatic carbocycles. The summed E-state index contributed by atoms with van der Waals surface area (Å²) in [7, 11) is 1.56. The van der Waals surface area contributed by atoms with Gasteiger partial charge in [-0.2, -0.15) is 0 Å². The predicted octanol–water partition coefficient (Wildman–Crippen LogP) is 0.884. The van der Waals surface area contributed by atoms with Crippen molar-refractivity contribution in [1.29, 1.82) is 0 Å². The maximum Gasteiger partial charge on any atom is 0.343 e. The molecule has 10 nitrogen and oxygen atoms in total. The van der Waals surface area contributed by atoms with Crippen molar-refractivity contribution in [3.8, 4) is 17.1 Å². The molecular weight excluding hydrogens is 398 g/mol. The minimum atomic E-state index is -1.25. The minimum Gasteiger partial charge on any atom is -0.494 e. The number of benzene rings is 1. The topological polar surface area (TPSA) is 136 Å². The van der Waals surface area contributed by atoms with Crippen LogP contribution in [0.4, 0.5) is 10.7 Å². The van der Waals surface area contributed by atoms with Gasteiger partial charge < -0.3 is 20.4 Å². The minimum absolute atomic E-state index is 0.0912. The third-order valence-electron chi connectivity index (χ3n) is 5.31. The van der Waals surface area contributed by atoms with E-state index in [0.29, 0.717) is 28.3 Å². The van der Waals surface area contributed by atoms with Gasteiger partial charge in [-0.15, -0.1) is 9.67 Å². The summed E-state index contributed by atoms with van der Waals surface area (Å²) in [5.41, 5.74) is 8.80. The Balaban J connectivity index is 1.54. The summed E-state index contributed by atoms with van der Waals surface area (Å²) < 4.78 is 8.18. The molecule has 10 heteroatoms. The van der Waals surface area contributed by atoms with Crippen molar-refractivity contribution in [3.63, 3.8) is 0 Å². The van der Waals surface area contributed by atoms with Gasteiger partial charge in [-0.25, -0.2) is 14.6 Å². The lowest BCUT2D eigenvalue weighted by atomic mass is 10.1. The van der Waals surface area contributed by atoms with E-state index in [1.807, 2.05) is 24.3 Å². The van der Waals surface area contributed by atoms with Crippen molar-refractivity contribution in [2.45, 2.75) is 25.3 Å². The summed E-state index contributed by atoms with van der Waals surface area (Å²) in [6.45, 7) is 0.212. The second kappa shape index (κ2) is 7.31. The second-order valence-corrected chi connectivity index (χ2v) is 7.41. The number of methoxy groups -OCH3 is 1. The lowest BCUT2D eigenvalue weighted by molar-refractivity contribution is -0.645. The van der Waals surface area contributed by atoms with E-state index in [0.717, 1.165) is 23.9 Å². The van der Waals surface area contributed by atoms with Gasteiger partial charge in [-0.1, -0.05) is 17.3 Å². The number of carbonyl (C=O) groups is 1. The summed E-state index contributed by atoms with van der Waals surface area (Å²) in [4.78, 5) is 20.4. The van der Waals surface area contributed by atoms with Crippen LogP contribution in [0.25, 0.3) is 22.3 Å². The SMILES string of the molecule is COc1cccc2c(-c3cn(Cc4cccc(C5CC5)[n+]4C(=O)[O-])nn3)nc(N)nc12. The molecule has 1 aliphatic carbocycles. The Kier molecular flexibility index (Phi) is 4.46. The molecule has 5 rings (SSSR count). The summed E-state index contributed by atoms with van der Waals surface area (Å²) in [6.07, 6.45) is 2.41. The Morgan fingerprint density at radius 1 is 1.26 bits per heavy atom. The number of carboxylic acid groups (broad SMARTS) is 1. The molecule has 1 aliphatic rings. The maximum absolute atomic E-state index is 11.8. The zero-order valence-electron chi connectivity index (χ0n) is 16.7. The molecule has 1 fully saturated rings. The first kappa shape index (κ1) is 18.9. The van der Waals surface area contributed by atoms with Gasteiger partial charge in [0.2, 0.25) is 11.6 Å². The van der Waals surface area contributed by atoms with Crippen LogP contribution in [0.15, 0.2) is 42.6 Å². The Bertz CT molecular complexity index is 1310. The number of hydrogen-bond acceptors (Lipinski definition) is 8. The van der Waals surface area contributed by atoms with Gasteiger partial charge in [0.1, 0.15) is 29.2 Å². The van der Waals surface area contributed by atoms with Crippen LogP contribution >= 0.6 is 0 Å². The smallest absolute Gasteiger partial charge is 0.343 e. The lowest BCUT2D eigenvalue weighted by Crippen LogP contribution is -2.57. The quantitative estimate of drug-likeness (QED) is 0.473. The van der Waals surface area contributed by atoms with Crippen molar-refractivity contribution < 1.29 is 19.2 Å². The highest BCUT2D eigenvalue weighted by atomic mass is 16.5. The molecular formula is C21H19N7O3. The van der Waals surface area contributed by atoms with Gasteiger partial charge >= 0.3 is 6.09 Å². The molecule has 3 heterocycles. The predicted molar refractivity (Wildman–Crippen MR) is 108 cm³/mol. The van der Waals surface area contributed by atoms with Crippen LogP contribution in [-0.4, -0.2) is 38.2 Å². The van der Waals surface area contributed by atoms with Crippen LogP contribution in [0.5, 0.6) is 5.75 Å². The van der Waals surface area contributed by atoms with Gasteiger partial charge in [0, 0.05) is 23.4 Å². The molecule has 0 saturated heterocycles. The molecule has 0 radical (unpaired) electrons. The zero-order chi connectivity index (χ0) is 21.5. The molecule has 0 amide bonds. The molecule has 31 heavy (non-hydrogen) atoms. The average molecular weight is 417 g/mol. The molecule has 0 aliphatic heterocycles. The number of ether oxygens (including phenoxy) is 1. The Morgan fingerprint density at radius 3 is 2.81 bits per heavy atom. The standard InChI is InChI=1S/C21H19N7O3/c1-31-17-7-3-5-14-18(23-20(22)24-19(14)17)15-11-27(26-25-15)10-13-4-2-6-16(12-8-9-12)28(13)21(29)30/h2-7,11-12H,8-10H2,1H3,(H2-,22,23,24,29,30). The molecule has 0 atom stereocenters. The number of nitrogens with zero attached hydrogens (tertiary/aromatic N) is 6. The highest BCUT2D eigenvalue weighted by Crippen LogP contribution is 2.38. The lowest BCUT2D eigenvalue weighted by Gasteiger charge is -2.08. The van der Waals surface area contributed by atoms with E-state index < -0.39 is 6.09 Å². The molecule has 0 spiro atoms. The summed E-state index contributed by atoms with van der Waals surface area (Å²) in [5, 5.41) is 20.9. The fourth-order valence-corrected chi connectivity index (χ4v) is 3.77. The summed E-state index contributed by atoms with van der Waals surface area (Å²) in [6, 6.07) is 10.9. The number of carbonyl (C=O) groups excluding carboxylic acids is 1. The summed E-state index contributed by atoms with van der Waals surface area (Å²) in [5.74, 6) is 0.926. The monoisotopic (exact) mass is 417 g/mol. The van der Waals surface area contributed by atoms with E-state index in [4.69, 9.17) is 10.5 Å². The van der Waals surface area contributed by atoms with Gasteiger partial charge in [0.05, 0.1) is 13.3 Å². The number of nitrogens with two attached hydrogens (primary N) is 1. The van der Waals surface area contributed by atoms with Crippen molar-refractivity contribution in [3.05, 3.63) is 54.0 Å². The number of fused-ring (bicyclic) bond motifs is 1. The van der Waals surface area contributed by atoms with E-state index in [1.165, 1.54) is 4.57 Å². The Hall–Kier alpha value is -4.08. The van der Waals surface area contributed by atoms with Gasteiger partial charge in [-0.3, -0.25) is 0 Å². The number of pyridine rings is 1. The third-order valence-corrected chi connectivity index (χ3v) is 5.31. The molecule has 0 bridgehead atoms. The van der Waals surface area contributed by atoms with Crippen LogP contribution in [0, 0.1) is 0 Å². The number of nitrogen functional groups attached to an aromatic ring is 1. The number of rotatable bonds is 5. The number of para-hydroxylation sites is 1. The number of aromatic nitrogens is 6. The first-order chi connectivity index (χ1) is 15.0. The van der Waals surface area contributed by atoms with Crippen molar-refractivity contribution in [2.24, 2.45) is 0 Å². The zero-order valence-corrected chi connectivity index (χ0v) is 16.7. The highest BCUT2D eigenvalue weighted by Gasteiger charge is 2.34. The molecule has 2 N–H and O–H groups in total. The molecule has 156 valence electrons. The average Bonchev–Trinajstić information content (AvgIpc) is 3.51. The molecule has 3 aromatic heterocycles. The van der Waals surface area contributed by atoms with Crippen molar-refractivity contribution in [2.75, 3.05) is 12.8 Å². The van der Waals surface area contributed by atoms with E-state index in [2.05, 4.69) is 20.3 Å². The second-order valence-electron chi connectivity index (χ2n) is 7.41. The van der Waals surface area contributed by atoms with Crippen LogP contribution in [-0.2, 0) is 6.54 Å². The fourth-order valence-electron chi connectivity index (χ4n) is 3.77. The number of hydrogen-bond donors (Lipinski definition) is 1. The largest absolute Gasteiger partial charge is 0.494 e. The summed E-state index contributed by atoms with van der Waals surface area (Å²) >= 11 is 0. The van der Waals surface area contributed by atoms with E-state index in [-0.39, 0.29) is 18.4 Å².